The zero-order chi connectivity index (χ0) is 14.7. The molecule has 5 heteroatoms. The number of nitrogens with zero attached hydrogens (tertiary/aromatic N) is 2. The SMILES string of the molecule is CCC(C)c1nc(-c2ccc(OC(C)C)c(Cl)c2)no1. The van der Waals surface area contributed by atoms with Crippen LogP contribution < -0.4 is 4.74 Å². The molecule has 0 bridgehead atoms. The molecule has 0 fully saturated rings. The highest BCUT2D eigenvalue weighted by molar-refractivity contribution is 6.32. The van der Waals surface area contributed by atoms with E-state index in [9.17, 15) is 0 Å². The van der Waals surface area contributed by atoms with Crippen LogP contribution in [0.5, 0.6) is 5.75 Å². The van der Waals surface area contributed by atoms with E-state index in [-0.39, 0.29) is 12.0 Å². The molecular weight excluding hydrogens is 276 g/mol. The van der Waals surface area contributed by atoms with Crippen LogP contribution in [0.3, 0.4) is 0 Å². The molecule has 0 N–H and O–H groups in total. The predicted octanol–water partition coefficient (Wildman–Crippen LogP) is 4.69. The van der Waals surface area contributed by atoms with Crippen LogP contribution in [0, 0.1) is 0 Å². The summed E-state index contributed by atoms with van der Waals surface area (Å²) < 4.78 is 10.9. The minimum atomic E-state index is 0.0838. The molecule has 0 aliphatic heterocycles. The zero-order valence-corrected chi connectivity index (χ0v) is 12.9. The Balaban J connectivity index is 2.25. The number of hydrogen-bond donors (Lipinski definition) is 0. The molecule has 1 atom stereocenters. The Hall–Kier alpha value is -1.55. The van der Waals surface area contributed by atoms with Crippen molar-refractivity contribution in [3.63, 3.8) is 0 Å². The molecule has 0 radical (unpaired) electrons. The molecule has 0 saturated carbocycles. The molecule has 0 spiro atoms. The first-order valence-electron chi connectivity index (χ1n) is 6.81. The number of aromatic nitrogens is 2. The summed E-state index contributed by atoms with van der Waals surface area (Å²) in [5.74, 6) is 2.13. The van der Waals surface area contributed by atoms with Gasteiger partial charge in [0.1, 0.15) is 5.75 Å². The Morgan fingerprint density at radius 1 is 1.30 bits per heavy atom. The van der Waals surface area contributed by atoms with E-state index in [1.165, 1.54) is 0 Å². The summed E-state index contributed by atoms with van der Waals surface area (Å²) in [7, 11) is 0. The largest absolute Gasteiger partial charge is 0.489 e. The second-order valence-electron chi connectivity index (χ2n) is 5.08. The van der Waals surface area contributed by atoms with Gasteiger partial charge in [-0.15, -0.1) is 0 Å². The third-order valence-corrected chi connectivity index (χ3v) is 3.32. The van der Waals surface area contributed by atoms with Crippen LogP contribution in [-0.2, 0) is 0 Å². The van der Waals surface area contributed by atoms with Crippen molar-refractivity contribution < 1.29 is 9.26 Å². The molecule has 1 aromatic heterocycles. The average Bonchev–Trinajstić information content (AvgIpc) is 2.89. The summed E-state index contributed by atoms with van der Waals surface area (Å²) in [5.41, 5.74) is 0.824. The second kappa shape index (κ2) is 6.27. The fraction of sp³-hybridized carbons (Fsp3) is 0.467. The Morgan fingerprint density at radius 3 is 2.65 bits per heavy atom. The zero-order valence-electron chi connectivity index (χ0n) is 12.2. The first-order chi connectivity index (χ1) is 9.51. The molecule has 0 aliphatic carbocycles. The third kappa shape index (κ3) is 3.31. The van der Waals surface area contributed by atoms with E-state index in [0.717, 1.165) is 12.0 Å². The number of halogens is 1. The van der Waals surface area contributed by atoms with Crippen molar-refractivity contribution in [2.75, 3.05) is 0 Å². The molecule has 2 aromatic rings. The molecule has 0 saturated heterocycles. The third-order valence-electron chi connectivity index (χ3n) is 3.03. The van der Waals surface area contributed by atoms with E-state index in [0.29, 0.717) is 22.5 Å². The van der Waals surface area contributed by atoms with Gasteiger partial charge in [0.05, 0.1) is 11.1 Å². The van der Waals surface area contributed by atoms with Crippen molar-refractivity contribution in [1.29, 1.82) is 0 Å². The molecule has 0 aliphatic rings. The monoisotopic (exact) mass is 294 g/mol. The summed E-state index contributed by atoms with van der Waals surface area (Å²) in [6.07, 6.45) is 1.05. The summed E-state index contributed by atoms with van der Waals surface area (Å²) in [6, 6.07) is 5.51. The number of benzene rings is 1. The fourth-order valence-electron chi connectivity index (χ4n) is 1.72. The van der Waals surface area contributed by atoms with Crippen LogP contribution in [0.4, 0.5) is 0 Å². The van der Waals surface area contributed by atoms with Gasteiger partial charge in [0, 0.05) is 11.5 Å². The maximum Gasteiger partial charge on any atom is 0.229 e. The van der Waals surface area contributed by atoms with Crippen LogP contribution in [0.1, 0.15) is 45.9 Å². The molecule has 1 unspecified atom stereocenters. The predicted molar refractivity (Wildman–Crippen MR) is 79.2 cm³/mol. The standard InChI is InChI=1S/C15H19ClN2O2/c1-5-10(4)15-17-14(18-20-15)11-6-7-13(12(16)8-11)19-9(2)3/h6-10H,5H2,1-4H3. The van der Waals surface area contributed by atoms with Crippen molar-refractivity contribution in [1.82, 2.24) is 10.1 Å². The molecule has 1 heterocycles. The van der Waals surface area contributed by atoms with Gasteiger partial charge in [-0.1, -0.05) is 30.6 Å². The Bertz CT molecular complexity index is 581. The summed E-state index contributed by atoms with van der Waals surface area (Å²) in [6.45, 7) is 8.07. The van der Waals surface area contributed by atoms with E-state index in [1.807, 2.05) is 26.0 Å². The van der Waals surface area contributed by atoms with Crippen molar-refractivity contribution in [2.45, 2.75) is 46.1 Å². The van der Waals surface area contributed by atoms with Gasteiger partial charge in [-0.25, -0.2) is 0 Å². The lowest BCUT2D eigenvalue weighted by molar-refractivity contribution is 0.242. The first-order valence-corrected chi connectivity index (χ1v) is 7.19. The number of hydrogen-bond acceptors (Lipinski definition) is 4. The van der Waals surface area contributed by atoms with Crippen molar-refractivity contribution in [3.05, 3.63) is 29.1 Å². The van der Waals surface area contributed by atoms with Crippen LogP contribution in [0.15, 0.2) is 22.7 Å². The molecule has 108 valence electrons. The average molecular weight is 295 g/mol. The van der Waals surface area contributed by atoms with E-state index in [4.69, 9.17) is 20.9 Å². The summed E-state index contributed by atoms with van der Waals surface area (Å²) in [4.78, 5) is 4.41. The van der Waals surface area contributed by atoms with Gasteiger partial charge in [-0.2, -0.15) is 4.98 Å². The normalized spacial score (nSPS) is 12.7. The molecule has 1 aromatic carbocycles. The first kappa shape index (κ1) is 14.9. The van der Waals surface area contributed by atoms with Gasteiger partial charge < -0.3 is 9.26 Å². The maximum atomic E-state index is 6.21. The van der Waals surface area contributed by atoms with E-state index < -0.39 is 0 Å². The topological polar surface area (TPSA) is 48.2 Å². The number of rotatable bonds is 5. The minimum absolute atomic E-state index is 0.0838. The molecule has 2 rings (SSSR count). The van der Waals surface area contributed by atoms with Crippen molar-refractivity contribution in [2.24, 2.45) is 0 Å². The van der Waals surface area contributed by atoms with Gasteiger partial charge in [0.2, 0.25) is 11.7 Å². The Morgan fingerprint density at radius 2 is 2.05 bits per heavy atom. The molecular formula is C15H19ClN2O2. The van der Waals surface area contributed by atoms with Crippen molar-refractivity contribution >= 4 is 11.6 Å². The van der Waals surface area contributed by atoms with Crippen LogP contribution in [-0.4, -0.2) is 16.2 Å². The molecule has 0 amide bonds. The van der Waals surface area contributed by atoms with Gasteiger partial charge in [-0.3, -0.25) is 0 Å². The highest BCUT2D eigenvalue weighted by atomic mass is 35.5. The lowest BCUT2D eigenvalue weighted by Gasteiger charge is -2.11. The molecule has 20 heavy (non-hydrogen) atoms. The lowest BCUT2D eigenvalue weighted by Crippen LogP contribution is -2.05. The van der Waals surface area contributed by atoms with E-state index in [2.05, 4.69) is 24.0 Å². The summed E-state index contributed by atoms with van der Waals surface area (Å²) >= 11 is 6.21. The lowest BCUT2D eigenvalue weighted by atomic mass is 10.1. The van der Waals surface area contributed by atoms with Gasteiger partial charge in [-0.05, 0) is 38.5 Å². The van der Waals surface area contributed by atoms with Gasteiger partial charge in [0.15, 0.2) is 0 Å². The fourth-order valence-corrected chi connectivity index (χ4v) is 1.94. The summed E-state index contributed by atoms with van der Waals surface area (Å²) in [5, 5.41) is 4.55. The highest BCUT2D eigenvalue weighted by Gasteiger charge is 2.15. The van der Waals surface area contributed by atoms with Gasteiger partial charge in [0.25, 0.3) is 0 Å². The van der Waals surface area contributed by atoms with Crippen LogP contribution in [0.25, 0.3) is 11.4 Å². The second-order valence-corrected chi connectivity index (χ2v) is 5.48. The Labute approximate surface area is 124 Å². The number of ether oxygens (including phenoxy) is 1. The van der Waals surface area contributed by atoms with Crippen LogP contribution in [0.2, 0.25) is 5.02 Å². The highest BCUT2D eigenvalue weighted by Crippen LogP contribution is 2.30. The van der Waals surface area contributed by atoms with Gasteiger partial charge >= 0.3 is 0 Å². The maximum absolute atomic E-state index is 6.21. The molecule has 4 nitrogen and oxygen atoms in total. The van der Waals surface area contributed by atoms with E-state index in [1.54, 1.807) is 6.07 Å². The Kier molecular flexibility index (Phi) is 4.65. The van der Waals surface area contributed by atoms with E-state index >= 15 is 0 Å². The minimum Gasteiger partial charge on any atom is -0.489 e. The smallest absolute Gasteiger partial charge is 0.229 e. The van der Waals surface area contributed by atoms with Crippen molar-refractivity contribution in [3.8, 4) is 17.1 Å². The van der Waals surface area contributed by atoms with Crippen LogP contribution >= 0.6 is 11.6 Å². The quantitative estimate of drug-likeness (QED) is 0.802.